The van der Waals surface area contributed by atoms with Crippen molar-refractivity contribution in [2.24, 2.45) is 0 Å². The lowest BCUT2D eigenvalue weighted by Gasteiger charge is -2.17. The Labute approximate surface area is 109 Å². The number of pyridine rings is 1. The quantitative estimate of drug-likeness (QED) is 0.463. The van der Waals surface area contributed by atoms with Gasteiger partial charge in [-0.3, -0.25) is 10.1 Å². The van der Waals surface area contributed by atoms with E-state index in [2.05, 4.69) is 10.3 Å². The Morgan fingerprint density at radius 2 is 2.06 bits per heavy atom. The zero-order chi connectivity index (χ0) is 13.5. The molecular formula is C10H14ClN3O4. The summed E-state index contributed by atoms with van der Waals surface area (Å²) in [5, 5.41) is 13.9. The second-order valence-electron chi connectivity index (χ2n) is 3.51. The summed E-state index contributed by atoms with van der Waals surface area (Å²) in [5.74, 6) is 0.103. The maximum atomic E-state index is 10.9. The van der Waals surface area contributed by atoms with Crippen LogP contribution in [0.15, 0.2) is 12.1 Å². The fourth-order valence-electron chi connectivity index (χ4n) is 1.41. The van der Waals surface area contributed by atoms with Gasteiger partial charge in [-0.05, 0) is 6.07 Å². The third kappa shape index (κ3) is 4.10. The maximum Gasteiger partial charge on any atom is 0.311 e. The van der Waals surface area contributed by atoms with E-state index in [-0.39, 0.29) is 22.7 Å². The second kappa shape index (κ2) is 7.10. The number of nitro groups is 1. The molecular weight excluding hydrogens is 262 g/mol. The minimum atomic E-state index is -0.525. The van der Waals surface area contributed by atoms with Crippen LogP contribution in [0.3, 0.4) is 0 Å². The molecule has 0 aliphatic heterocycles. The molecule has 100 valence electrons. The van der Waals surface area contributed by atoms with Gasteiger partial charge in [0.25, 0.3) is 0 Å². The molecule has 0 spiro atoms. The standard InChI is InChI=1S/C10H14ClN3O4/c1-17-5-7(6-18-2)12-10-8(14(15)16)3-4-9(11)13-10/h3-4,7H,5-6H2,1-2H3,(H,12,13). The SMILES string of the molecule is COCC(COC)Nc1nc(Cl)ccc1[N+](=O)[O-]. The molecule has 1 N–H and O–H groups in total. The number of ether oxygens (including phenoxy) is 2. The van der Waals surface area contributed by atoms with E-state index in [1.54, 1.807) is 0 Å². The van der Waals surface area contributed by atoms with Crippen molar-refractivity contribution in [2.45, 2.75) is 6.04 Å². The average Bonchev–Trinajstić information content (AvgIpc) is 2.29. The Morgan fingerprint density at radius 3 is 2.56 bits per heavy atom. The Balaban J connectivity index is 2.92. The van der Waals surface area contributed by atoms with E-state index in [1.807, 2.05) is 0 Å². The topological polar surface area (TPSA) is 86.5 Å². The molecule has 1 aromatic rings. The van der Waals surface area contributed by atoms with Crippen LogP contribution < -0.4 is 5.32 Å². The summed E-state index contributed by atoms with van der Waals surface area (Å²) in [6.07, 6.45) is 0. The summed E-state index contributed by atoms with van der Waals surface area (Å²) in [5.41, 5.74) is -0.142. The Hall–Kier alpha value is -1.44. The number of aromatic nitrogens is 1. The van der Waals surface area contributed by atoms with Gasteiger partial charge in [-0.2, -0.15) is 0 Å². The first-order valence-corrected chi connectivity index (χ1v) is 5.51. The van der Waals surface area contributed by atoms with Crippen LogP contribution in [0.5, 0.6) is 0 Å². The summed E-state index contributed by atoms with van der Waals surface area (Å²) in [6, 6.07) is 2.42. The largest absolute Gasteiger partial charge is 0.382 e. The van der Waals surface area contributed by atoms with Crippen molar-refractivity contribution in [2.75, 3.05) is 32.8 Å². The summed E-state index contributed by atoms with van der Waals surface area (Å²) in [4.78, 5) is 14.2. The zero-order valence-electron chi connectivity index (χ0n) is 10.1. The molecule has 0 aromatic carbocycles. The Morgan fingerprint density at radius 1 is 1.44 bits per heavy atom. The molecule has 0 amide bonds. The summed E-state index contributed by atoms with van der Waals surface area (Å²) in [6.45, 7) is 0.665. The third-order valence-corrected chi connectivity index (χ3v) is 2.32. The van der Waals surface area contributed by atoms with Gasteiger partial charge in [0.15, 0.2) is 0 Å². The van der Waals surface area contributed by atoms with E-state index >= 15 is 0 Å². The number of anilines is 1. The third-order valence-electron chi connectivity index (χ3n) is 2.11. The van der Waals surface area contributed by atoms with Crippen molar-refractivity contribution in [3.8, 4) is 0 Å². The van der Waals surface area contributed by atoms with Crippen molar-refractivity contribution in [3.63, 3.8) is 0 Å². The summed E-state index contributed by atoms with van der Waals surface area (Å²) in [7, 11) is 3.06. The van der Waals surface area contributed by atoms with E-state index in [0.717, 1.165) is 0 Å². The van der Waals surface area contributed by atoms with Gasteiger partial charge in [0.05, 0.1) is 24.2 Å². The molecule has 8 heteroatoms. The molecule has 0 atom stereocenters. The number of nitrogens with zero attached hydrogens (tertiary/aromatic N) is 2. The van der Waals surface area contributed by atoms with Gasteiger partial charge in [-0.15, -0.1) is 0 Å². The molecule has 0 unspecified atom stereocenters. The average molecular weight is 276 g/mol. The van der Waals surface area contributed by atoms with Crippen LogP contribution in [-0.4, -0.2) is 43.4 Å². The van der Waals surface area contributed by atoms with E-state index in [1.165, 1.54) is 26.4 Å². The molecule has 0 radical (unpaired) electrons. The van der Waals surface area contributed by atoms with Crippen molar-refractivity contribution in [1.29, 1.82) is 0 Å². The smallest absolute Gasteiger partial charge is 0.311 e. The highest BCUT2D eigenvalue weighted by Crippen LogP contribution is 2.24. The molecule has 0 aliphatic carbocycles. The summed E-state index contributed by atoms with van der Waals surface area (Å²) < 4.78 is 9.97. The number of halogens is 1. The van der Waals surface area contributed by atoms with Crippen molar-refractivity contribution < 1.29 is 14.4 Å². The highest BCUT2D eigenvalue weighted by molar-refractivity contribution is 6.29. The van der Waals surface area contributed by atoms with Crippen LogP contribution in [-0.2, 0) is 9.47 Å². The van der Waals surface area contributed by atoms with Crippen LogP contribution in [0.25, 0.3) is 0 Å². The van der Waals surface area contributed by atoms with E-state index in [4.69, 9.17) is 21.1 Å². The number of methoxy groups -OCH3 is 2. The van der Waals surface area contributed by atoms with Gasteiger partial charge in [-0.25, -0.2) is 4.98 Å². The van der Waals surface area contributed by atoms with Crippen molar-refractivity contribution in [1.82, 2.24) is 4.98 Å². The van der Waals surface area contributed by atoms with Crippen LogP contribution in [0.1, 0.15) is 0 Å². The highest BCUT2D eigenvalue weighted by atomic mass is 35.5. The van der Waals surface area contributed by atoms with Crippen LogP contribution in [0.2, 0.25) is 5.15 Å². The molecule has 18 heavy (non-hydrogen) atoms. The molecule has 7 nitrogen and oxygen atoms in total. The van der Waals surface area contributed by atoms with E-state index in [9.17, 15) is 10.1 Å². The minimum absolute atomic E-state index is 0.103. The fourth-order valence-corrected chi connectivity index (χ4v) is 1.56. The first-order chi connectivity index (χ1) is 8.58. The van der Waals surface area contributed by atoms with Gasteiger partial charge in [-0.1, -0.05) is 11.6 Å². The molecule has 0 aliphatic rings. The van der Waals surface area contributed by atoms with Gasteiger partial charge in [0.1, 0.15) is 5.15 Å². The Kier molecular flexibility index (Phi) is 5.76. The lowest BCUT2D eigenvalue weighted by atomic mass is 10.3. The normalized spacial score (nSPS) is 10.7. The number of hydrogen-bond acceptors (Lipinski definition) is 6. The van der Waals surface area contributed by atoms with Gasteiger partial charge >= 0.3 is 5.69 Å². The van der Waals surface area contributed by atoms with Crippen molar-refractivity contribution >= 4 is 23.1 Å². The summed E-state index contributed by atoms with van der Waals surface area (Å²) >= 11 is 5.72. The highest BCUT2D eigenvalue weighted by Gasteiger charge is 2.19. The predicted molar refractivity (Wildman–Crippen MR) is 67.1 cm³/mol. The molecule has 1 aromatic heterocycles. The first-order valence-electron chi connectivity index (χ1n) is 5.13. The number of rotatable bonds is 7. The van der Waals surface area contributed by atoms with E-state index in [0.29, 0.717) is 13.2 Å². The zero-order valence-corrected chi connectivity index (χ0v) is 10.8. The molecule has 0 saturated heterocycles. The second-order valence-corrected chi connectivity index (χ2v) is 3.90. The first kappa shape index (κ1) is 14.6. The van der Waals surface area contributed by atoms with Gasteiger partial charge in [0.2, 0.25) is 5.82 Å². The van der Waals surface area contributed by atoms with Gasteiger partial charge < -0.3 is 14.8 Å². The molecule has 0 fully saturated rings. The van der Waals surface area contributed by atoms with Crippen LogP contribution >= 0.6 is 11.6 Å². The van der Waals surface area contributed by atoms with Gasteiger partial charge in [0, 0.05) is 20.3 Å². The minimum Gasteiger partial charge on any atom is -0.382 e. The molecule has 1 heterocycles. The monoisotopic (exact) mass is 275 g/mol. The van der Waals surface area contributed by atoms with Crippen LogP contribution in [0.4, 0.5) is 11.5 Å². The molecule has 1 rings (SSSR count). The predicted octanol–water partition coefficient (Wildman–Crippen LogP) is 1.72. The lowest BCUT2D eigenvalue weighted by molar-refractivity contribution is -0.384. The van der Waals surface area contributed by atoms with Crippen LogP contribution in [0, 0.1) is 10.1 Å². The number of nitrogens with one attached hydrogen (secondary N) is 1. The lowest BCUT2D eigenvalue weighted by Crippen LogP contribution is -2.30. The fraction of sp³-hybridized carbons (Fsp3) is 0.500. The van der Waals surface area contributed by atoms with E-state index < -0.39 is 4.92 Å². The van der Waals surface area contributed by atoms with Crippen molar-refractivity contribution in [3.05, 3.63) is 27.4 Å². The maximum absolute atomic E-state index is 10.9. The Bertz CT molecular complexity index is 410. The number of hydrogen-bond donors (Lipinski definition) is 1. The molecule has 0 bridgehead atoms. The molecule has 0 saturated carbocycles.